The number of halogens is 1. The third kappa shape index (κ3) is 4.67. The van der Waals surface area contributed by atoms with E-state index in [-0.39, 0.29) is 30.8 Å². The van der Waals surface area contributed by atoms with Crippen LogP contribution < -0.4 is 0 Å². The molecule has 10 nitrogen and oxygen atoms in total. The molecule has 3 amide bonds. The Bertz CT molecular complexity index is 1560. The number of imide groups is 1. The summed E-state index contributed by atoms with van der Waals surface area (Å²) < 4.78 is 2.04. The molecule has 3 aliphatic rings. The number of rotatable bonds is 5. The Labute approximate surface area is 240 Å². The lowest BCUT2D eigenvalue weighted by molar-refractivity contribution is -0.141. The number of nitrogens with zero attached hydrogens (tertiary/aromatic N) is 7. The molecule has 206 valence electrons. The molecular formula is C28H28ClN7O3S. The lowest BCUT2D eigenvalue weighted by Crippen LogP contribution is -2.52. The van der Waals surface area contributed by atoms with Crippen LogP contribution in [0.4, 0.5) is 0 Å². The van der Waals surface area contributed by atoms with Crippen molar-refractivity contribution >= 4 is 46.4 Å². The largest absolute Gasteiger partial charge is 0.340 e. The van der Waals surface area contributed by atoms with Crippen molar-refractivity contribution < 1.29 is 14.4 Å². The van der Waals surface area contributed by atoms with Crippen LogP contribution in [0.2, 0.25) is 5.02 Å². The summed E-state index contributed by atoms with van der Waals surface area (Å²) in [6, 6.07) is 7.09. The molecule has 3 aliphatic heterocycles. The van der Waals surface area contributed by atoms with Gasteiger partial charge in [-0.25, -0.2) is 0 Å². The van der Waals surface area contributed by atoms with Crippen molar-refractivity contribution in [2.75, 3.05) is 32.8 Å². The first-order valence-electron chi connectivity index (χ1n) is 13.1. The van der Waals surface area contributed by atoms with Gasteiger partial charge >= 0.3 is 0 Å². The second kappa shape index (κ2) is 10.4. The van der Waals surface area contributed by atoms with Gasteiger partial charge in [-0.3, -0.25) is 33.7 Å². The molecule has 3 aromatic rings. The fourth-order valence-electron chi connectivity index (χ4n) is 5.34. The molecule has 12 heteroatoms. The lowest BCUT2D eigenvalue weighted by Gasteiger charge is -2.36. The number of amides is 3. The van der Waals surface area contributed by atoms with E-state index in [1.165, 1.54) is 21.9 Å². The van der Waals surface area contributed by atoms with E-state index in [0.717, 1.165) is 33.2 Å². The van der Waals surface area contributed by atoms with Crippen LogP contribution in [0, 0.1) is 20.8 Å². The summed E-state index contributed by atoms with van der Waals surface area (Å²) in [6.45, 7) is 8.48. The number of benzene rings is 1. The van der Waals surface area contributed by atoms with Gasteiger partial charge in [0.15, 0.2) is 5.82 Å². The van der Waals surface area contributed by atoms with Gasteiger partial charge in [0.25, 0.3) is 11.8 Å². The maximum absolute atomic E-state index is 13.6. The molecule has 0 unspecified atom stereocenters. The summed E-state index contributed by atoms with van der Waals surface area (Å²) in [4.78, 5) is 48.9. The van der Waals surface area contributed by atoms with Crippen LogP contribution >= 0.6 is 22.9 Å². The maximum Gasteiger partial charge on any atom is 0.254 e. The number of carbonyl (C=O) groups is 3. The van der Waals surface area contributed by atoms with Gasteiger partial charge in [-0.1, -0.05) is 23.7 Å². The van der Waals surface area contributed by atoms with Crippen molar-refractivity contribution in [3.8, 4) is 5.00 Å². The average molecular weight is 578 g/mol. The first-order valence-corrected chi connectivity index (χ1v) is 14.3. The third-order valence-corrected chi connectivity index (χ3v) is 9.14. The Hall–Kier alpha value is -3.67. The number of hydrogen-bond donors (Lipinski definition) is 0. The molecule has 40 heavy (non-hydrogen) atoms. The SMILES string of the molecule is Cc1sc2c(c1C)C(c1ccc(Cl)cc1)=N[C@@H](CC(=O)N1CCN(CN3C(=O)C=CC3=O)CC1)c1nnc(C)n1-2. The van der Waals surface area contributed by atoms with E-state index >= 15 is 0 Å². The first-order chi connectivity index (χ1) is 19.2. The number of fused-ring (bicyclic) bond motifs is 3. The molecule has 1 saturated heterocycles. The number of aryl methyl sites for hydroxylation is 2. The Kier molecular flexibility index (Phi) is 6.89. The van der Waals surface area contributed by atoms with E-state index < -0.39 is 6.04 Å². The quantitative estimate of drug-likeness (QED) is 0.431. The van der Waals surface area contributed by atoms with Gasteiger partial charge in [0, 0.05) is 59.4 Å². The smallest absolute Gasteiger partial charge is 0.254 e. The van der Waals surface area contributed by atoms with Crippen LogP contribution in [0.3, 0.4) is 0 Å². The Balaban J connectivity index is 1.27. The minimum absolute atomic E-state index is 0.0239. The summed E-state index contributed by atoms with van der Waals surface area (Å²) in [5.41, 5.74) is 3.91. The van der Waals surface area contributed by atoms with E-state index in [1.807, 2.05) is 45.6 Å². The number of aliphatic imine (C=N–C) groups is 1. The number of aromatic nitrogens is 3. The molecule has 6 rings (SSSR count). The molecule has 1 fully saturated rings. The number of piperazine rings is 1. The second-order valence-electron chi connectivity index (χ2n) is 10.2. The number of carbonyl (C=O) groups excluding carboxylic acids is 3. The standard InChI is InChI=1S/C28H28ClN7O3S/c1-16-17(2)40-28-25(16)26(19-4-6-20(29)7-5-19)30-21(27-32-31-18(3)36(27)28)14-24(39)34-12-10-33(11-13-34)15-35-22(37)8-9-23(35)38/h4-9,21H,10-15H2,1-3H3/t21-/m0/s1. The molecule has 0 N–H and O–H groups in total. The molecule has 1 aromatic carbocycles. The van der Waals surface area contributed by atoms with Gasteiger partial charge in [0.2, 0.25) is 5.91 Å². The zero-order chi connectivity index (χ0) is 28.1. The van der Waals surface area contributed by atoms with Crippen LogP contribution in [-0.2, 0) is 14.4 Å². The molecular weight excluding hydrogens is 550 g/mol. The highest BCUT2D eigenvalue weighted by molar-refractivity contribution is 7.15. The Morgan fingerprint density at radius 3 is 2.35 bits per heavy atom. The zero-order valence-corrected chi connectivity index (χ0v) is 24.0. The summed E-state index contributed by atoms with van der Waals surface area (Å²) in [6.07, 6.45) is 2.72. The molecule has 0 radical (unpaired) electrons. The lowest BCUT2D eigenvalue weighted by atomic mass is 9.99. The highest BCUT2D eigenvalue weighted by atomic mass is 35.5. The van der Waals surface area contributed by atoms with Crippen molar-refractivity contribution in [3.05, 3.63) is 74.7 Å². The van der Waals surface area contributed by atoms with Gasteiger partial charge in [-0.2, -0.15) is 0 Å². The first kappa shape index (κ1) is 26.5. The van der Waals surface area contributed by atoms with E-state index in [9.17, 15) is 14.4 Å². The van der Waals surface area contributed by atoms with Crippen LogP contribution in [0.5, 0.6) is 0 Å². The van der Waals surface area contributed by atoms with Crippen molar-refractivity contribution in [2.24, 2.45) is 4.99 Å². The molecule has 0 bridgehead atoms. The van der Waals surface area contributed by atoms with Gasteiger partial charge < -0.3 is 4.90 Å². The van der Waals surface area contributed by atoms with Crippen molar-refractivity contribution in [3.63, 3.8) is 0 Å². The van der Waals surface area contributed by atoms with Gasteiger partial charge in [0.1, 0.15) is 16.9 Å². The normalized spacial score (nSPS) is 19.1. The van der Waals surface area contributed by atoms with Crippen LogP contribution in [0.1, 0.15) is 45.7 Å². The van der Waals surface area contributed by atoms with Crippen molar-refractivity contribution in [1.29, 1.82) is 0 Å². The predicted molar refractivity (Wildman–Crippen MR) is 152 cm³/mol. The highest BCUT2D eigenvalue weighted by Gasteiger charge is 2.34. The van der Waals surface area contributed by atoms with E-state index in [2.05, 4.69) is 24.0 Å². The van der Waals surface area contributed by atoms with E-state index in [4.69, 9.17) is 16.6 Å². The summed E-state index contributed by atoms with van der Waals surface area (Å²) in [5.74, 6) is 0.768. The number of hydrogen-bond acceptors (Lipinski definition) is 8. The maximum atomic E-state index is 13.6. The minimum atomic E-state index is -0.525. The molecule has 2 aromatic heterocycles. The van der Waals surface area contributed by atoms with Gasteiger partial charge in [-0.15, -0.1) is 21.5 Å². The van der Waals surface area contributed by atoms with Crippen LogP contribution in [-0.4, -0.2) is 85.7 Å². The molecule has 0 spiro atoms. The van der Waals surface area contributed by atoms with Crippen LogP contribution in [0.15, 0.2) is 41.4 Å². The molecule has 0 saturated carbocycles. The monoisotopic (exact) mass is 577 g/mol. The fourth-order valence-corrected chi connectivity index (χ4v) is 6.68. The second-order valence-corrected chi connectivity index (χ2v) is 11.8. The molecule has 1 atom stereocenters. The van der Waals surface area contributed by atoms with Crippen molar-refractivity contribution in [2.45, 2.75) is 33.2 Å². The van der Waals surface area contributed by atoms with E-state index in [1.54, 1.807) is 11.3 Å². The summed E-state index contributed by atoms with van der Waals surface area (Å²) in [5, 5.41) is 10.5. The zero-order valence-electron chi connectivity index (χ0n) is 22.4. The summed E-state index contributed by atoms with van der Waals surface area (Å²) in [7, 11) is 0. The van der Waals surface area contributed by atoms with E-state index in [0.29, 0.717) is 37.0 Å². The third-order valence-electron chi connectivity index (χ3n) is 7.69. The molecule has 0 aliphatic carbocycles. The fraction of sp³-hybridized carbons (Fsp3) is 0.357. The summed E-state index contributed by atoms with van der Waals surface area (Å²) >= 11 is 7.87. The minimum Gasteiger partial charge on any atom is -0.340 e. The predicted octanol–water partition coefficient (Wildman–Crippen LogP) is 3.22. The number of thiophene rings is 1. The Morgan fingerprint density at radius 2 is 1.68 bits per heavy atom. The average Bonchev–Trinajstić information content (AvgIpc) is 3.54. The van der Waals surface area contributed by atoms with Crippen LogP contribution in [0.25, 0.3) is 5.00 Å². The topological polar surface area (TPSA) is 104 Å². The van der Waals surface area contributed by atoms with Crippen molar-refractivity contribution in [1.82, 2.24) is 29.5 Å². The van der Waals surface area contributed by atoms with Gasteiger partial charge in [0.05, 0.1) is 18.8 Å². The van der Waals surface area contributed by atoms with Gasteiger partial charge in [-0.05, 0) is 38.5 Å². The Morgan fingerprint density at radius 1 is 1.00 bits per heavy atom. The molecule has 5 heterocycles. The highest BCUT2D eigenvalue weighted by Crippen LogP contribution is 2.39.